The van der Waals surface area contributed by atoms with E-state index in [2.05, 4.69) is 0 Å². The molecule has 1 fully saturated rings. The van der Waals surface area contributed by atoms with Gasteiger partial charge in [0.1, 0.15) is 6.07 Å². The van der Waals surface area contributed by atoms with Gasteiger partial charge in [-0.05, 0) is 25.0 Å². The van der Waals surface area contributed by atoms with Crippen molar-refractivity contribution >= 4 is 16.0 Å². The minimum absolute atomic E-state index is 0.00824. The topological polar surface area (TPSA) is 108 Å². The van der Waals surface area contributed by atoms with E-state index in [1.54, 1.807) is 6.07 Å². The number of carboxylic acid groups (broad SMARTS) is 1. The fraction of sp³-hybridized carbons (Fsp3) is 0.429. The summed E-state index contributed by atoms with van der Waals surface area (Å²) in [4.78, 5) is 11.5. The Hall–Kier alpha value is -1.95. The molecule has 1 aromatic rings. The van der Waals surface area contributed by atoms with Crippen LogP contribution in [0.2, 0.25) is 0 Å². The highest BCUT2D eigenvalue weighted by atomic mass is 32.2. The minimum Gasteiger partial charge on any atom is -0.480 e. The average molecular weight is 324 g/mol. The smallest absolute Gasteiger partial charge is 0.327 e. The fourth-order valence-electron chi connectivity index (χ4n) is 2.77. The number of hydrogen-bond donors (Lipinski definition) is 1. The monoisotopic (exact) mass is 324 g/mol. The molecule has 2 rings (SSSR count). The Kier molecular flexibility index (Phi) is 4.51. The number of methoxy groups -OCH3 is 1. The summed E-state index contributed by atoms with van der Waals surface area (Å²) < 4.78 is 31.6. The van der Waals surface area contributed by atoms with Gasteiger partial charge >= 0.3 is 5.97 Å². The number of nitriles is 1. The van der Waals surface area contributed by atoms with E-state index < -0.39 is 21.5 Å². The lowest BCUT2D eigenvalue weighted by molar-refractivity contribution is -0.150. The predicted octanol–water partition coefficient (Wildman–Crippen LogP) is 0.813. The fourth-order valence-corrected chi connectivity index (χ4v) is 4.70. The molecule has 118 valence electrons. The van der Waals surface area contributed by atoms with E-state index in [-0.39, 0.29) is 30.0 Å². The van der Waals surface area contributed by atoms with Crippen LogP contribution in [0.5, 0.6) is 0 Å². The largest absolute Gasteiger partial charge is 0.480 e. The molecule has 7 nitrogen and oxygen atoms in total. The molecule has 1 heterocycles. The van der Waals surface area contributed by atoms with Gasteiger partial charge in [0.25, 0.3) is 0 Å². The van der Waals surface area contributed by atoms with Gasteiger partial charge in [0.05, 0.1) is 17.1 Å². The maximum Gasteiger partial charge on any atom is 0.327 e. The second kappa shape index (κ2) is 6.04. The molecule has 0 spiro atoms. The van der Waals surface area contributed by atoms with E-state index in [1.807, 2.05) is 6.07 Å². The number of benzene rings is 1. The third-order valence-electron chi connectivity index (χ3n) is 3.79. The quantitative estimate of drug-likeness (QED) is 0.859. The number of sulfonamides is 1. The normalized spacial score (nSPS) is 22.4. The first-order valence-corrected chi connectivity index (χ1v) is 8.08. The molecule has 1 aliphatic rings. The standard InChI is InChI=1S/C14H16N2O5S/c1-21-10-14(13(17)18)7-4-8-16(14)22(19,20)12-6-3-2-5-11(12)9-15/h2-3,5-6H,4,7-8,10H2,1H3,(H,17,18)/t14-/m1/s1. The van der Waals surface area contributed by atoms with Crippen molar-refractivity contribution in [1.82, 2.24) is 4.31 Å². The minimum atomic E-state index is -4.11. The number of carboxylic acids is 1. The van der Waals surface area contributed by atoms with Crippen molar-refractivity contribution in [3.63, 3.8) is 0 Å². The van der Waals surface area contributed by atoms with Crippen LogP contribution < -0.4 is 0 Å². The lowest BCUT2D eigenvalue weighted by Gasteiger charge is -2.33. The molecule has 1 aliphatic heterocycles. The molecule has 0 saturated carbocycles. The molecule has 8 heteroatoms. The number of rotatable bonds is 5. The van der Waals surface area contributed by atoms with Crippen LogP contribution in [0.15, 0.2) is 29.2 Å². The van der Waals surface area contributed by atoms with E-state index in [0.717, 1.165) is 4.31 Å². The summed E-state index contributed by atoms with van der Waals surface area (Å²) in [6.07, 6.45) is 0.591. The molecular weight excluding hydrogens is 308 g/mol. The van der Waals surface area contributed by atoms with Crippen LogP contribution in [-0.2, 0) is 19.6 Å². The summed E-state index contributed by atoms with van der Waals surface area (Å²) in [5.74, 6) is -1.25. The van der Waals surface area contributed by atoms with Crippen molar-refractivity contribution < 1.29 is 23.1 Å². The Morgan fingerprint density at radius 1 is 1.50 bits per heavy atom. The van der Waals surface area contributed by atoms with Gasteiger partial charge in [0.15, 0.2) is 5.54 Å². The summed E-state index contributed by atoms with van der Waals surface area (Å²) in [6, 6.07) is 7.59. The molecule has 0 aliphatic carbocycles. The van der Waals surface area contributed by atoms with Crippen LogP contribution in [0.25, 0.3) is 0 Å². The van der Waals surface area contributed by atoms with Gasteiger partial charge in [0, 0.05) is 13.7 Å². The first kappa shape index (κ1) is 16.4. The van der Waals surface area contributed by atoms with E-state index in [0.29, 0.717) is 6.42 Å². The van der Waals surface area contributed by atoms with Crippen LogP contribution in [-0.4, -0.2) is 49.6 Å². The Bertz CT molecular complexity index is 725. The first-order chi connectivity index (χ1) is 10.4. The first-order valence-electron chi connectivity index (χ1n) is 6.64. The van der Waals surface area contributed by atoms with Gasteiger partial charge in [-0.25, -0.2) is 8.42 Å². The Morgan fingerprint density at radius 3 is 2.77 bits per heavy atom. The second-order valence-corrected chi connectivity index (χ2v) is 6.89. The van der Waals surface area contributed by atoms with Crippen LogP contribution >= 0.6 is 0 Å². The lowest BCUT2D eigenvalue weighted by Crippen LogP contribution is -2.56. The molecular formula is C14H16N2O5S. The van der Waals surface area contributed by atoms with Gasteiger partial charge in [-0.15, -0.1) is 0 Å². The third kappa shape index (κ3) is 2.47. The van der Waals surface area contributed by atoms with Crippen molar-refractivity contribution in [3.05, 3.63) is 29.8 Å². The van der Waals surface area contributed by atoms with Gasteiger partial charge in [0.2, 0.25) is 10.0 Å². The van der Waals surface area contributed by atoms with Crippen molar-refractivity contribution in [3.8, 4) is 6.07 Å². The molecule has 0 radical (unpaired) electrons. The maximum atomic E-state index is 12.9. The number of ether oxygens (including phenoxy) is 1. The molecule has 1 saturated heterocycles. The summed E-state index contributed by atoms with van der Waals surface area (Å²) >= 11 is 0. The Labute approximate surface area is 128 Å². The van der Waals surface area contributed by atoms with Crippen LogP contribution in [0.3, 0.4) is 0 Å². The highest BCUT2D eigenvalue weighted by Crippen LogP contribution is 2.36. The second-order valence-electron chi connectivity index (χ2n) is 5.06. The predicted molar refractivity (Wildman–Crippen MR) is 76.5 cm³/mol. The molecule has 0 bridgehead atoms. The van der Waals surface area contributed by atoms with Crippen LogP contribution in [0.4, 0.5) is 0 Å². The Morgan fingerprint density at radius 2 is 2.18 bits per heavy atom. The molecule has 1 atom stereocenters. The highest BCUT2D eigenvalue weighted by molar-refractivity contribution is 7.89. The Balaban J connectivity index is 2.57. The van der Waals surface area contributed by atoms with Gasteiger partial charge in [-0.2, -0.15) is 9.57 Å². The summed E-state index contributed by atoms with van der Waals surface area (Å²) in [5.41, 5.74) is -1.64. The van der Waals surface area contributed by atoms with Crippen molar-refractivity contribution in [2.75, 3.05) is 20.3 Å². The molecule has 22 heavy (non-hydrogen) atoms. The van der Waals surface area contributed by atoms with Crippen LogP contribution in [0, 0.1) is 11.3 Å². The van der Waals surface area contributed by atoms with Crippen LogP contribution in [0.1, 0.15) is 18.4 Å². The SMILES string of the molecule is COC[C@@]1(C(=O)O)CCCN1S(=O)(=O)c1ccccc1C#N. The summed E-state index contributed by atoms with van der Waals surface area (Å²) in [6.45, 7) is -0.159. The van der Waals surface area contributed by atoms with Gasteiger partial charge in [-0.3, -0.25) is 4.79 Å². The number of hydrogen-bond acceptors (Lipinski definition) is 5. The number of carbonyl (C=O) groups is 1. The van der Waals surface area contributed by atoms with Crippen molar-refractivity contribution in [2.45, 2.75) is 23.3 Å². The summed E-state index contributed by atoms with van der Waals surface area (Å²) in [5, 5.41) is 18.6. The number of nitrogens with zero attached hydrogens (tertiary/aromatic N) is 2. The van der Waals surface area contributed by atoms with E-state index in [9.17, 15) is 18.3 Å². The average Bonchev–Trinajstić information content (AvgIpc) is 2.93. The zero-order valence-electron chi connectivity index (χ0n) is 12.0. The van der Waals surface area contributed by atoms with E-state index in [1.165, 1.54) is 25.3 Å². The molecule has 1 N–H and O–H groups in total. The summed E-state index contributed by atoms with van der Waals surface area (Å²) in [7, 11) is -2.78. The van der Waals surface area contributed by atoms with Crippen molar-refractivity contribution in [1.29, 1.82) is 5.26 Å². The number of aliphatic carboxylic acids is 1. The van der Waals surface area contributed by atoms with Gasteiger partial charge < -0.3 is 9.84 Å². The third-order valence-corrected chi connectivity index (χ3v) is 5.81. The van der Waals surface area contributed by atoms with Crippen molar-refractivity contribution in [2.24, 2.45) is 0 Å². The van der Waals surface area contributed by atoms with E-state index >= 15 is 0 Å². The van der Waals surface area contributed by atoms with Gasteiger partial charge in [-0.1, -0.05) is 12.1 Å². The lowest BCUT2D eigenvalue weighted by atomic mass is 9.99. The molecule has 0 aromatic heterocycles. The van der Waals surface area contributed by atoms with E-state index in [4.69, 9.17) is 10.00 Å². The maximum absolute atomic E-state index is 12.9. The zero-order valence-corrected chi connectivity index (χ0v) is 12.8. The highest BCUT2D eigenvalue weighted by Gasteiger charge is 2.53. The molecule has 1 aromatic carbocycles. The molecule has 0 amide bonds. The zero-order chi connectivity index (χ0) is 16.4. The molecule has 0 unspecified atom stereocenters.